The fraction of sp³-hybridized carbons (Fsp3) is 0.294. The van der Waals surface area contributed by atoms with Crippen LogP contribution in [-0.4, -0.2) is 35.0 Å². The molecular weight excluding hydrogens is 264 g/mol. The second-order valence-electron chi connectivity index (χ2n) is 5.19. The molecule has 21 heavy (non-hydrogen) atoms. The van der Waals surface area contributed by atoms with Crippen molar-refractivity contribution in [3.63, 3.8) is 0 Å². The van der Waals surface area contributed by atoms with Gasteiger partial charge in [-0.05, 0) is 24.1 Å². The summed E-state index contributed by atoms with van der Waals surface area (Å²) in [6.07, 6.45) is 4.30. The fourth-order valence-corrected chi connectivity index (χ4v) is 2.51. The first-order valence-electron chi connectivity index (χ1n) is 7.18. The van der Waals surface area contributed by atoms with Gasteiger partial charge in [0, 0.05) is 31.0 Å². The first-order chi connectivity index (χ1) is 10.3. The molecule has 1 atom stereocenters. The molecule has 0 radical (unpaired) electrons. The molecule has 2 aromatic rings. The quantitative estimate of drug-likeness (QED) is 0.865. The molecule has 0 aliphatic carbocycles. The van der Waals surface area contributed by atoms with Gasteiger partial charge in [0.1, 0.15) is 0 Å². The molecule has 1 aliphatic rings. The van der Waals surface area contributed by atoms with Crippen molar-refractivity contribution in [3.8, 4) is 0 Å². The highest BCUT2D eigenvalue weighted by atomic mass is 16.5. The van der Waals surface area contributed by atoms with Gasteiger partial charge < -0.3 is 9.64 Å². The zero-order valence-electron chi connectivity index (χ0n) is 11.8. The van der Waals surface area contributed by atoms with E-state index in [0.717, 1.165) is 18.5 Å². The van der Waals surface area contributed by atoms with Crippen molar-refractivity contribution in [2.24, 2.45) is 0 Å². The van der Waals surface area contributed by atoms with Gasteiger partial charge in [-0.3, -0.25) is 9.78 Å². The van der Waals surface area contributed by atoms with E-state index in [4.69, 9.17) is 4.74 Å². The molecule has 0 spiro atoms. The second kappa shape index (κ2) is 6.50. The Kier molecular flexibility index (Phi) is 4.26. The first-order valence-corrected chi connectivity index (χ1v) is 7.18. The molecular formula is C17H18N2O2. The third-order valence-electron chi connectivity index (χ3n) is 3.69. The zero-order valence-corrected chi connectivity index (χ0v) is 11.8. The summed E-state index contributed by atoms with van der Waals surface area (Å²) in [5.74, 6) is 0.0585. The Labute approximate surface area is 124 Å². The van der Waals surface area contributed by atoms with Crippen LogP contribution in [0.25, 0.3) is 0 Å². The SMILES string of the molecule is O=C(c1ccncc1)N1CCC(OCc2ccccc2)C1. The standard InChI is InChI=1S/C17H18N2O2/c20-17(15-6-9-18-10-7-15)19-11-8-16(12-19)21-13-14-4-2-1-3-5-14/h1-7,9-10,16H,8,11-13H2. The normalized spacial score (nSPS) is 17.9. The van der Waals surface area contributed by atoms with Crippen LogP contribution in [0.15, 0.2) is 54.9 Å². The van der Waals surface area contributed by atoms with E-state index in [1.165, 1.54) is 0 Å². The Morgan fingerprint density at radius 3 is 2.71 bits per heavy atom. The van der Waals surface area contributed by atoms with E-state index in [9.17, 15) is 4.79 Å². The molecule has 1 aromatic heterocycles. The van der Waals surface area contributed by atoms with Gasteiger partial charge in [-0.15, -0.1) is 0 Å². The number of amides is 1. The van der Waals surface area contributed by atoms with Crippen LogP contribution >= 0.6 is 0 Å². The predicted octanol–water partition coefficient (Wildman–Crippen LogP) is 2.51. The third-order valence-corrected chi connectivity index (χ3v) is 3.69. The van der Waals surface area contributed by atoms with E-state index in [0.29, 0.717) is 18.7 Å². The van der Waals surface area contributed by atoms with Gasteiger partial charge >= 0.3 is 0 Å². The highest BCUT2D eigenvalue weighted by molar-refractivity contribution is 5.94. The largest absolute Gasteiger partial charge is 0.372 e. The minimum Gasteiger partial charge on any atom is -0.372 e. The van der Waals surface area contributed by atoms with Crippen molar-refractivity contribution < 1.29 is 9.53 Å². The lowest BCUT2D eigenvalue weighted by Gasteiger charge is -2.16. The number of rotatable bonds is 4. The minimum absolute atomic E-state index is 0.0585. The van der Waals surface area contributed by atoms with Crippen LogP contribution in [0.5, 0.6) is 0 Å². The van der Waals surface area contributed by atoms with Crippen molar-refractivity contribution in [2.45, 2.75) is 19.1 Å². The van der Waals surface area contributed by atoms with Crippen LogP contribution < -0.4 is 0 Å². The van der Waals surface area contributed by atoms with E-state index < -0.39 is 0 Å². The Morgan fingerprint density at radius 2 is 1.95 bits per heavy atom. The van der Waals surface area contributed by atoms with Crippen molar-refractivity contribution in [2.75, 3.05) is 13.1 Å². The molecule has 108 valence electrons. The molecule has 1 amide bonds. The number of carbonyl (C=O) groups is 1. The Balaban J connectivity index is 1.53. The van der Waals surface area contributed by atoms with Gasteiger partial charge in [0.05, 0.1) is 12.7 Å². The monoisotopic (exact) mass is 282 g/mol. The van der Waals surface area contributed by atoms with Crippen LogP contribution in [0.4, 0.5) is 0 Å². The average Bonchev–Trinajstić information content (AvgIpc) is 3.03. The van der Waals surface area contributed by atoms with Crippen molar-refractivity contribution >= 4 is 5.91 Å². The Hall–Kier alpha value is -2.20. The van der Waals surface area contributed by atoms with Crippen LogP contribution in [0.1, 0.15) is 22.3 Å². The highest BCUT2D eigenvalue weighted by Gasteiger charge is 2.27. The molecule has 1 saturated heterocycles. The number of pyridine rings is 1. The molecule has 4 heteroatoms. The van der Waals surface area contributed by atoms with E-state index in [1.807, 2.05) is 23.1 Å². The summed E-state index contributed by atoms with van der Waals surface area (Å²) in [6, 6.07) is 13.6. The minimum atomic E-state index is 0.0585. The summed E-state index contributed by atoms with van der Waals surface area (Å²) in [5, 5.41) is 0. The van der Waals surface area contributed by atoms with Crippen LogP contribution in [0.3, 0.4) is 0 Å². The number of ether oxygens (including phenoxy) is 1. The number of nitrogens with zero attached hydrogens (tertiary/aromatic N) is 2. The summed E-state index contributed by atoms with van der Waals surface area (Å²) in [5.41, 5.74) is 1.85. The molecule has 3 rings (SSSR count). The molecule has 0 N–H and O–H groups in total. The number of hydrogen-bond donors (Lipinski definition) is 0. The molecule has 1 aromatic carbocycles. The third kappa shape index (κ3) is 3.47. The number of benzene rings is 1. The summed E-state index contributed by atoms with van der Waals surface area (Å²) >= 11 is 0. The molecule has 2 heterocycles. The van der Waals surface area contributed by atoms with Gasteiger partial charge in [-0.25, -0.2) is 0 Å². The molecule has 1 aliphatic heterocycles. The van der Waals surface area contributed by atoms with E-state index in [1.54, 1.807) is 24.5 Å². The molecule has 0 bridgehead atoms. The molecule has 4 nitrogen and oxygen atoms in total. The van der Waals surface area contributed by atoms with Gasteiger partial charge in [-0.2, -0.15) is 0 Å². The maximum absolute atomic E-state index is 12.3. The maximum Gasteiger partial charge on any atom is 0.254 e. The second-order valence-corrected chi connectivity index (χ2v) is 5.19. The highest BCUT2D eigenvalue weighted by Crippen LogP contribution is 2.17. The zero-order chi connectivity index (χ0) is 14.5. The number of hydrogen-bond acceptors (Lipinski definition) is 3. The molecule has 1 fully saturated rings. The van der Waals surface area contributed by atoms with Gasteiger partial charge in [0.15, 0.2) is 0 Å². The lowest BCUT2D eigenvalue weighted by Crippen LogP contribution is -2.30. The van der Waals surface area contributed by atoms with E-state index in [-0.39, 0.29) is 12.0 Å². The van der Waals surface area contributed by atoms with Crippen molar-refractivity contribution in [1.29, 1.82) is 0 Å². The van der Waals surface area contributed by atoms with E-state index >= 15 is 0 Å². The van der Waals surface area contributed by atoms with Crippen molar-refractivity contribution in [3.05, 3.63) is 66.0 Å². The fourth-order valence-electron chi connectivity index (χ4n) is 2.51. The smallest absolute Gasteiger partial charge is 0.254 e. The van der Waals surface area contributed by atoms with Crippen LogP contribution in [0, 0.1) is 0 Å². The average molecular weight is 282 g/mol. The van der Waals surface area contributed by atoms with Gasteiger partial charge in [-0.1, -0.05) is 30.3 Å². The summed E-state index contributed by atoms with van der Waals surface area (Å²) in [6.45, 7) is 2.01. The Bertz CT molecular complexity index is 586. The number of aromatic nitrogens is 1. The first kappa shape index (κ1) is 13.8. The lowest BCUT2D eigenvalue weighted by atomic mass is 10.2. The van der Waals surface area contributed by atoms with Gasteiger partial charge in [0.25, 0.3) is 5.91 Å². The van der Waals surface area contributed by atoms with E-state index in [2.05, 4.69) is 17.1 Å². The Morgan fingerprint density at radius 1 is 1.19 bits per heavy atom. The van der Waals surface area contributed by atoms with Gasteiger partial charge in [0.2, 0.25) is 0 Å². The van der Waals surface area contributed by atoms with Crippen LogP contribution in [0.2, 0.25) is 0 Å². The number of likely N-dealkylation sites (tertiary alicyclic amines) is 1. The van der Waals surface area contributed by atoms with Crippen molar-refractivity contribution in [1.82, 2.24) is 9.88 Å². The number of carbonyl (C=O) groups excluding carboxylic acids is 1. The molecule has 0 saturated carbocycles. The summed E-state index contributed by atoms with van der Waals surface area (Å²) < 4.78 is 5.90. The lowest BCUT2D eigenvalue weighted by molar-refractivity contribution is 0.0437. The maximum atomic E-state index is 12.3. The molecule has 1 unspecified atom stereocenters. The van der Waals surface area contributed by atoms with Crippen LogP contribution in [-0.2, 0) is 11.3 Å². The summed E-state index contributed by atoms with van der Waals surface area (Å²) in [7, 11) is 0. The predicted molar refractivity (Wildman–Crippen MR) is 79.8 cm³/mol. The summed E-state index contributed by atoms with van der Waals surface area (Å²) in [4.78, 5) is 18.1. The topological polar surface area (TPSA) is 42.4 Å².